The van der Waals surface area contributed by atoms with Gasteiger partial charge in [-0.1, -0.05) is 47.5 Å². The van der Waals surface area contributed by atoms with E-state index in [-0.39, 0.29) is 35.6 Å². The largest absolute Gasteiger partial charge is 0.426 e. The molecule has 0 aliphatic carbocycles. The minimum Gasteiger partial charge on any atom is -0.426 e. The number of likely N-dealkylation sites (tertiary alicyclic amines) is 2. The first-order valence-electron chi connectivity index (χ1n) is 13.7. The van der Waals surface area contributed by atoms with Crippen molar-refractivity contribution in [1.82, 2.24) is 9.80 Å². The molecule has 2 saturated heterocycles. The lowest BCUT2D eigenvalue weighted by molar-refractivity contribution is -0.142. The molecular weight excluding hydrogens is 547 g/mol. The molecule has 0 amide bonds. The molecule has 2 heterocycles. The molecule has 3 aromatic carbocycles. The molecule has 210 valence electrons. The molecule has 2 aliphatic heterocycles. The second kappa shape index (κ2) is 12.7. The van der Waals surface area contributed by atoms with E-state index in [2.05, 4.69) is 9.80 Å². The van der Waals surface area contributed by atoms with Crippen molar-refractivity contribution in [3.8, 4) is 11.5 Å². The van der Waals surface area contributed by atoms with Crippen LogP contribution < -0.4 is 9.47 Å². The second-order valence-electron chi connectivity index (χ2n) is 10.9. The first-order valence-corrected chi connectivity index (χ1v) is 14.4. The fourth-order valence-electron chi connectivity index (χ4n) is 5.88. The molecule has 40 heavy (non-hydrogen) atoms. The highest BCUT2D eigenvalue weighted by Gasteiger charge is 2.37. The molecule has 0 spiro atoms. The lowest BCUT2D eigenvalue weighted by Crippen LogP contribution is -2.42. The summed E-state index contributed by atoms with van der Waals surface area (Å²) in [7, 11) is 4.03. The SMILES string of the molecule is CN1CC[C@H](c2ccc(Cl)cc2)[C@@H](C(=O)Oc2ccc(OC(=O)[C@H]3CN(C)CC[C@@H]3c3ccc(Cl)cc3)cc2)C1. The molecule has 0 saturated carbocycles. The van der Waals surface area contributed by atoms with Gasteiger partial charge in [0.1, 0.15) is 11.5 Å². The molecule has 4 atom stereocenters. The van der Waals surface area contributed by atoms with Crippen LogP contribution in [0.25, 0.3) is 0 Å². The molecule has 8 heteroatoms. The third-order valence-corrected chi connectivity index (χ3v) is 8.60. The summed E-state index contributed by atoms with van der Waals surface area (Å²) in [5, 5.41) is 1.35. The van der Waals surface area contributed by atoms with E-state index in [1.54, 1.807) is 24.3 Å². The standard InChI is InChI=1S/C32H34Cl2N2O4/c1-35-17-15-27(21-3-7-23(33)8-4-21)29(19-35)31(37)39-25-11-13-26(14-12-25)40-32(38)30-20-36(2)18-16-28(30)22-5-9-24(34)10-6-22/h3-14,27-30H,15-20H2,1-2H3/t27-,28-,29+,30+/m1/s1. The van der Waals surface area contributed by atoms with Crippen LogP contribution >= 0.6 is 23.2 Å². The highest BCUT2D eigenvalue weighted by molar-refractivity contribution is 6.30. The average Bonchev–Trinajstić information content (AvgIpc) is 2.95. The maximum Gasteiger partial charge on any atom is 0.316 e. The van der Waals surface area contributed by atoms with Gasteiger partial charge in [-0.3, -0.25) is 9.59 Å². The van der Waals surface area contributed by atoms with Gasteiger partial charge < -0.3 is 19.3 Å². The van der Waals surface area contributed by atoms with Crippen LogP contribution in [0.15, 0.2) is 72.8 Å². The second-order valence-corrected chi connectivity index (χ2v) is 11.8. The van der Waals surface area contributed by atoms with E-state index in [0.29, 0.717) is 34.6 Å². The quantitative estimate of drug-likeness (QED) is 0.253. The number of carbonyl (C=O) groups excluding carboxylic acids is 2. The van der Waals surface area contributed by atoms with Crippen LogP contribution in [-0.2, 0) is 9.59 Å². The Labute approximate surface area is 245 Å². The molecule has 0 bridgehead atoms. The average molecular weight is 582 g/mol. The Kier molecular flexibility index (Phi) is 9.11. The Morgan fingerprint density at radius 1 is 0.625 bits per heavy atom. The van der Waals surface area contributed by atoms with Crippen molar-refractivity contribution >= 4 is 35.1 Å². The lowest BCUT2D eigenvalue weighted by atomic mass is 9.80. The fourth-order valence-corrected chi connectivity index (χ4v) is 6.14. The summed E-state index contributed by atoms with van der Waals surface area (Å²) in [6.45, 7) is 3.05. The number of rotatable bonds is 6. The van der Waals surface area contributed by atoms with Gasteiger partial charge in [-0.25, -0.2) is 0 Å². The van der Waals surface area contributed by atoms with Gasteiger partial charge in [0.05, 0.1) is 11.8 Å². The Morgan fingerprint density at radius 3 is 1.32 bits per heavy atom. The smallest absolute Gasteiger partial charge is 0.316 e. The summed E-state index contributed by atoms with van der Waals surface area (Å²) in [6, 6.07) is 22.1. The first kappa shape index (κ1) is 28.6. The monoisotopic (exact) mass is 580 g/mol. The van der Waals surface area contributed by atoms with Crippen LogP contribution in [-0.4, -0.2) is 62.0 Å². The Hall–Kier alpha value is -2.90. The Balaban J connectivity index is 1.24. The number of piperidine rings is 2. The molecular formula is C32H34Cl2N2O4. The minimum atomic E-state index is -0.300. The van der Waals surface area contributed by atoms with Crippen LogP contribution in [0.3, 0.4) is 0 Å². The molecule has 0 N–H and O–H groups in total. The molecule has 0 radical (unpaired) electrons. The van der Waals surface area contributed by atoms with Gasteiger partial charge in [-0.2, -0.15) is 0 Å². The van der Waals surface area contributed by atoms with Crippen molar-refractivity contribution in [1.29, 1.82) is 0 Å². The molecule has 6 nitrogen and oxygen atoms in total. The maximum atomic E-state index is 13.3. The van der Waals surface area contributed by atoms with E-state index in [1.807, 2.05) is 62.6 Å². The van der Waals surface area contributed by atoms with E-state index < -0.39 is 0 Å². The number of halogens is 2. The number of benzene rings is 3. The van der Waals surface area contributed by atoms with E-state index in [4.69, 9.17) is 32.7 Å². The number of carbonyl (C=O) groups is 2. The van der Waals surface area contributed by atoms with Crippen LogP contribution in [0.5, 0.6) is 11.5 Å². The first-order chi connectivity index (χ1) is 19.3. The highest BCUT2D eigenvalue weighted by Crippen LogP contribution is 2.36. The minimum absolute atomic E-state index is 0.0587. The molecule has 2 fully saturated rings. The third kappa shape index (κ3) is 6.87. The predicted octanol–water partition coefficient (Wildman–Crippen LogP) is 6.28. The van der Waals surface area contributed by atoms with Gasteiger partial charge in [0.2, 0.25) is 0 Å². The topological polar surface area (TPSA) is 59.1 Å². The number of hydrogen-bond acceptors (Lipinski definition) is 6. The van der Waals surface area contributed by atoms with Gasteiger partial charge in [0, 0.05) is 23.1 Å². The Morgan fingerprint density at radius 2 is 0.975 bits per heavy atom. The third-order valence-electron chi connectivity index (χ3n) is 8.09. The molecule has 2 aliphatic rings. The van der Waals surface area contributed by atoms with Crippen molar-refractivity contribution in [2.24, 2.45) is 11.8 Å². The van der Waals surface area contributed by atoms with Gasteiger partial charge in [0.25, 0.3) is 0 Å². The van der Waals surface area contributed by atoms with Gasteiger partial charge in [-0.15, -0.1) is 0 Å². The number of esters is 2. The van der Waals surface area contributed by atoms with Crippen LogP contribution in [0.4, 0.5) is 0 Å². The van der Waals surface area contributed by atoms with Gasteiger partial charge >= 0.3 is 11.9 Å². The van der Waals surface area contributed by atoms with Gasteiger partial charge in [0.15, 0.2) is 0 Å². The summed E-state index contributed by atoms with van der Waals surface area (Å²) in [5.41, 5.74) is 2.18. The zero-order valence-electron chi connectivity index (χ0n) is 22.8. The van der Waals surface area contributed by atoms with Crippen molar-refractivity contribution in [3.05, 3.63) is 94.0 Å². The van der Waals surface area contributed by atoms with E-state index in [1.165, 1.54) is 0 Å². The molecule has 0 unspecified atom stereocenters. The molecule has 5 rings (SSSR count). The lowest BCUT2D eigenvalue weighted by Gasteiger charge is -2.35. The van der Waals surface area contributed by atoms with E-state index in [0.717, 1.165) is 37.1 Å². The van der Waals surface area contributed by atoms with E-state index in [9.17, 15) is 9.59 Å². The summed E-state index contributed by atoms with van der Waals surface area (Å²) in [6.07, 6.45) is 1.72. The van der Waals surface area contributed by atoms with E-state index >= 15 is 0 Å². The summed E-state index contributed by atoms with van der Waals surface area (Å²) in [5.74, 6) is -0.184. The maximum absolute atomic E-state index is 13.3. The summed E-state index contributed by atoms with van der Waals surface area (Å²) >= 11 is 12.2. The zero-order valence-corrected chi connectivity index (χ0v) is 24.3. The van der Waals surface area contributed by atoms with Crippen molar-refractivity contribution < 1.29 is 19.1 Å². The highest BCUT2D eigenvalue weighted by atomic mass is 35.5. The number of hydrogen-bond donors (Lipinski definition) is 0. The van der Waals surface area contributed by atoms with Crippen LogP contribution in [0.1, 0.15) is 35.8 Å². The van der Waals surface area contributed by atoms with Crippen molar-refractivity contribution in [2.75, 3.05) is 40.3 Å². The normalized spacial score (nSPS) is 23.9. The number of nitrogens with zero attached hydrogens (tertiary/aromatic N) is 2. The number of ether oxygens (including phenoxy) is 2. The molecule has 3 aromatic rings. The predicted molar refractivity (Wildman–Crippen MR) is 157 cm³/mol. The zero-order chi connectivity index (χ0) is 28.2. The van der Waals surface area contributed by atoms with Crippen LogP contribution in [0.2, 0.25) is 10.0 Å². The fraction of sp³-hybridized carbons (Fsp3) is 0.375. The Bertz CT molecular complexity index is 1210. The van der Waals surface area contributed by atoms with Crippen molar-refractivity contribution in [3.63, 3.8) is 0 Å². The summed E-state index contributed by atoms with van der Waals surface area (Å²) < 4.78 is 11.6. The summed E-state index contributed by atoms with van der Waals surface area (Å²) in [4.78, 5) is 30.9. The van der Waals surface area contributed by atoms with Crippen molar-refractivity contribution in [2.45, 2.75) is 24.7 Å². The van der Waals surface area contributed by atoms with Gasteiger partial charge in [-0.05, 0) is 112 Å². The molecule has 0 aromatic heterocycles. The van der Waals surface area contributed by atoms with Crippen LogP contribution in [0, 0.1) is 11.8 Å².